The van der Waals surface area contributed by atoms with E-state index in [0.29, 0.717) is 5.69 Å². The van der Waals surface area contributed by atoms with Crippen LogP contribution in [0.1, 0.15) is 20.3 Å². The highest BCUT2D eigenvalue weighted by Gasteiger charge is 2.17. The van der Waals surface area contributed by atoms with Crippen LogP contribution < -0.4 is 10.6 Å². The van der Waals surface area contributed by atoms with Gasteiger partial charge in [0.05, 0.1) is 11.8 Å². The van der Waals surface area contributed by atoms with Gasteiger partial charge < -0.3 is 15.7 Å². The summed E-state index contributed by atoms with van der Waals surface area (Å²) in [5.74, 6) is -1.36. The van der Waals surface area contributed by atoms with E-state index in [4.69, 9.17) is 0 Å². The predicted octanol–water partition coefficient (Wildman–Crippen LogP) is 1.21. The van der Waals surface area contributed by atoms with Crippen LogP contribution in [-0.4, -0.2) is 29.6 Å². The quantitative estimate of drug-likeness (QED) is 0.704. The largest absolute Gasteiger partial charge is 0.391 e. The molecule has 1 rings (SSSR count). The number of hydrogen-bond donors (Lipinski definition) is 3. The molecule has 18 heavy (non-hydrogen) atoms. The molecule has 2 unspecified atom stereocenters. The zero-order valence-corrected chi connectivity index (χ0v) is 11.3. The molecule has 100 valence electrons. The highest BCUT2D eigenvalue weighted by molar-refractivity contribution is 7.08. The monoisotopic (exact) mass is 270 g/mol. The zero-order chi connectivity index (χ0) is 13.5. The molecule has 1 heterocycles. The van der Waals surface area contributed by atoms with Crippen molar-refractivity contribution in [1.82, 2.24) is 5.32 Å². The smallest absolute Gasteiger partial charge is 0.313 e. The summed E-state index contributed by atoms with van der Waals surface area (Å²) in [6, 6.07) is 1.71. The predicted molar refractivity (Wildman–Crippen MR) is 71.4 cm³/mol. The van der Waals surface area contributed by atoms with E-state index in [2.05, 4.69) is 10.6 Å². The lowest BCUT2D eigenvalue weighted by atomic mass is 10.0. The number of carbonyl (C=O) groups is 2. The van der Waals surface area contributed by atoms with E-state index >= 15 is 0 Å². The van der Waals surface area contributed by atoms with Gasteiger partial charge in [0.2, 0.25) is 0 Å². The van der Waals surface area contributed by atoms with Gasteiger partial charge in [0, 0.05) is 11.9 Å². The summed E-state index contributed by atoms with van der Waals surface area (Å²) in [5, 5.41) is 18.1. The van der Waals surface area contributed by atoms with Gasteiger partial charge in [-0.1, -0.05) is 20.3 Å². The number of amides is 2. The van der Waals surface area contributed by atoms with Gasteiger partial charge in [-0.2, -0.15) is 11.3 Å². The molecule has 1 aromatic rings. The number of aliphatic hydroxyl groups excluding tert-OH is 1. The molecule has 0 radical (unpaired) electrons. The Bertz CT molecular complexity index is 392. The second kappa shape index (κ2) is 7.13. The molecule has 0 aliphatic rings. The molecule has 2 atom stereocenters. The fourth-order valence-electron chi connectivity index (χ4n) is 1.27. The van der Waals surface area contributed by atoms with Crippen molar-refractivity contribution in [3.05, 3.63) is 16.8 Å². The third-order valence-corrected chi connectivity index (χ3v) is 3.44. The number of anilines is 1. The van der Waals surface area contributed by atoms with Crippen LogP contribution in [0.2, 0.25) is 0 Å². The molecule has 0 fully saturated rings. The highest BCUT2D eigenvalue weighted by atomic mass is 32.1. The van der Waals surface area contributed by atoms with Crippen molar-refractivity contribution < 1.29 is 14.7 Å². The van der Waals surface area contributed by atoms with Crippen molar-refractivity contribution >= 4 is 28.8 Å². The summed E-state index contributed by atoms with van der Waals surface area (Å²) in [4.78, 5) is 22.9. The standard InChI is InChI=1S/C12H18N2O3S/c1-3-8(2)10(15)6-13-11(16)12(17)14-9-4-5-18-7-9/h4-5,7-8,10,15H,3,6H2,1-2H3,(H,13,16)(H,14,17). The van der Waals surface area contributed by atoms with Gasteiger partial charge in [-0.25, -0.2) is 0 Å². The Morgan fingerprint density at radius 1 is 1.44 bits per heavy atom. The number of nitrogens with one attached hydrogen (secondary N) is 2. The van der Waals surface area contributed by atoms with Gasteiger partial charge in [0.25, 0.3) is 0 Å². The normalized spacial score (nSPS) is 13.7. The average Bonchev–Trinajstić information content (AvgIpc) is 2.87. The summed E-state index contributed by atoms with van der Waals surface area (Å²) in [6.45, 7) is 3.94. The van der Waals surface area contributed by atoms with Crippen LogP contribution in [0.3, 0.4) is 0 Å². The Kier molecular flexibility index (Phi) is 5.80. The van der Waals surface area contributed by atoms with Crippen molar-refractivity contribution in [2.24, 2.45) is 5.92 Å². The van der Waals surface area contributed by atoms with Gasteiger partial charge in [0.1, 0.15) is 0 Å². The fourth-order valence-corrected chi connectivity index (χ4v) is 1.86. The van der Waals surface area contributed by atoms with Gasteiger partial charge >= 0.3 is 11.8 Å². The van der Waals surface area contributed by atoms with E-state index in [0.717, 1.165) is 6.42 Å². The van der Waals surface area contributed by atoms with E-state index in [9.17, 15) is 14.7 Å². The van der Waals surface area contributed by atoms with Gasteiger partial charge in [-0.3, -0.25) is 9.59 Å². The van der Waals surface area contributed by atoms with E-state index in [-0.39, 0.29) is 12.5 Å². The van der Waals surface area contributed by atoms with Crippen LogP contribution in [-0.2, 0) is 9.59 Å². The van der Waals surface area contributed by atoms with Crippen LogP contribution in [0.4, 0.5) is 5.69 Å². The first kappa shape index (κ1) is 14.7. The van der Waals surface area contributed by atoms with Crippen molar-refractivity contribution in [3.63, 3.8) is 0 Å². The lowest BCUT2D eigenvalue weighted by Crippen LogP contribution is -2.41. The van der Waals surface area contributed by atoms with Crippen molar-refractivity contribution in [3.8, 4) is 0 Å². The Morgan fingerprint density at radius 2 is 2.17 bits per heavy atom. The number of aliphatic hydroxyl groups is 1. The first-order valence-corrected chi connectivity index (χ1v) is 6.78. The number of carbonyl (C=O) groups excluding carboxylic acids is 2. The number of thiophene rings is 1. The van der Waals surface area contributed by atoms with E-state index in [1.807, 2.05) is 13.8 Å². The van der Waals surface area contributed by atoms with Gasteiger partial charge in [-0.15, -0.1) is 0 Å². The molecule has 0 saturated heterocycles. The molecule has 1 aromatic heterocycles. The third-order valence-electron chi connectivity index (χ3n) is 2.76. The van der Waals surface area contributed by atoms with Crippen molar-refractivity contribution in [1.29, 1.82) is 0 Å². The maximum absolute atomic E-state index is 11.5. The molecular formula is C12H18N2O3S. The minimum absolute atomic E-state index is 0.0882. The second-order valence-electron chi connectivity index (χ2n) is 4.13. The van der Waals surface area contributed by atoms with Gasteiger partial charge in [0.15, 0.2) is 0 Å². The first-order valence-electron chi connectivity index (χ1n) is 5.84. The summed E-state index contributed by atoms with van der Waals surface area (Å²) in [6.07, 6.45) is 0.186. The zero-order valence-electron chi connectivity index (χ0n) is 10.5. The Labute approximate surface area is 110 Å². The Hall–Kier alpha value is -1.40. The SMILES string of the molecule is CCC(C)C(O)CNC(=O)C(=O)Nc1ccsc1. The molecule has 0 spiro atoms. The summed E-state index contributed by atoms with van der Waals surface area (Å²) >= 11 is 1.43. The maximum atomic E-state index is 11.5. The summed E-state index contributed by atoms with van der Waals surface area (Å²) in [5.41, 5.74) is 0.600. The molecule has 0 aliphatic heterocycles. The minimum Gasteiger partial charge on any atom is -0.391 e. The average molecular weight is 270 g/mol. The summed E-state index contributed by atoms with van der Waals surface area (Å²) < 4.78 is 0. The summed E-state index contributed by atoms with van der Waals surface area (Å²) in [7, 11) is 0. The van der Waals surface area contributed by atoms with E-state index < -0.39 is 17.9 Å². The molecule has 0 bridgehead atoms. The third kappa shape index (κ3) is 4.46. The number of hydrogen-bond acceptors (Lipinski definition) is 4. The molecule has 6 heteroatoms. The highest BCUT2D eigenvalue weighted by Crippen LogP contribution is 2.11. The van der Waals surface area contributed by atoms with E-state index in [1.165, 1.54) is 11.3 Å². The molecule has 5 nitrogen and oxygen atoms in total. The van der Waals surface area contributed by atoms with Crippen molar-refractivity contribution in [2.45, 2.75) is 26.4 Å². The first-order chi connectivity index (χ1) is 8.54. The van der Waals surface area contributed by atoms with Crippen LogP contribution in [0, 0.1) is 5.92 Å². The molecule has 0 aliphatic carbocycles. The van der Waals surface area contributed by atoms with Crippen LogP contribution >= 0.6 is 11.3 Å². The fraction of sp³-hybridized carbons (Fsp3) is 0.500. The lowest BCUT2D eigenvalue weighted by molar-refractivity contribution is -0.136. The number of rotatable bonds is 5. The van der Waals surface area contributed by atoms with Crippen LogP contribution in [0.25, 0.3) is 0 Å². The van der Waals surface area contributed by atoms with Crippen LogP contribution in [0.15, 0.2) is 16.8 Å². The topological polar surface area (TPSA) is 78.4 Å². The maximum Gasteiger partial charge on any atom is 0.313 e. The lowest BCUT2D eigenvalue weighted by Gasteiger charge is -2.17. The Morgan fingerprint density at radius 3 is 2.72 bits per heavy atom. The van der Waals surface area contributed by atoms with Crippen LogP contribution in [0.5, 0.6) is 0 Å². The van der Waals surface area contributed by atoms with Crippen molar-refractivity contribution in [2.75, 3.05) is 11.9 Å². The second-order valence-corrected chi connectivity index (χ2v) is 4.91. The minimum atomic E-state index is -0.733. The molecule has 3 N–H and O–H groups in total. The molecular weight excluding hydrogens is 252 g/mol. The van der Waals surface area contributed by atoms with E-state index in [1.54, 1.807) is 16.8 Å². The van der Waals surface area contributed by atoms with Gasteiger partial charge in [-0.05, 0) is 17.4 Å². The molecule has 0 saturated carbocycles. The molecule has 2 amide bonds. The Balaban J connectivity index is 2.34. The molecule has 0 aromatic carbocycles.